The molecular weight excluding hydrogens is 747 g/mol. The molecule has 1 heterocycles. The highest BCUT2D eigenvalue weighted by atomic mass is 14.7. The summed E-state index contributed by atoms with van der Waals surface area (Å²) in [6, 6.07) is 88.2. The lowest BCUT2D eigenvalue weighted by Gasteiger charge is -2.34. The number of pyridine rings is 1. The first-order valence-corrected chi connectivity index (χ1v) is 21.5. The molecule has 1 aliphatic carbocycles. The van der Waals surface area contributed by atoms with Crippen LogP contribution in [0.1, 0.15) is 27.8 Å². The van der Waals surface area contributed by atoms with Gasteiger partial charge in [-0.15, -0.1) is 0 Å². The predicted molar refractivity (Wildman–Crippen MR) is 259 cm³/mol. The van der Waals surface area contributed by atoms with Crippen LogP contribution in [-0.2, 0) is 5.41 Å². The molecule has 0 amide bonds. The Bertz CT molecular complexity index is 3040. The zero-order valence-electron chi connectivity index (χ0n) is 34.5. The van der Waals surface area contributed by atoms with Gasteiger partial charge in [-0.2, -0.15) is 0 Å². The average Bonchev–Trinajstić information content (AvgIpc) is 3.67. The summed E-state index contributed by atoms with van der Waals surface area (Å²) in [6.45, 7) is 2.21. The number of rotatable bonds is 8. The molecule has 0 saturated heterocycles. The van der Waals surface area contributed by atoms with Gasteiger partial charge in [-0.05, 0) is 103 Å². The molecule has 0 N–H and O–H groups in total. The van der Waals surface area contributed by atoms with E-state index in [4.69, 9.17) is 4.98 Å². The fourth-order valence-electron chi connectivity index (χ4n) is 9.84. The van der Waals surface area contributed by atoms with Gasteiger partial charge in [0.05, 0.1) is 16.8 Å². The van der Waals surface area contributed by atoms with E-state index >= 15 is 0 Å². The van der Waals surface area contributed by atoms with Crippen molar-refractivity contribution in [2.24, 2.45) is 0 Å². The van der Waals surface area contributed by atoms with Gasteiger partial charge in [-0.3, -0.25) is 0 Å². The standard InChI is InChI=1S/C61H43N/c1-42-55(47-36-32-45(33-37-47)43-18-6-2-7-19-43)41-58(62-60(42)48-38-34-46(35-39-48)44-20-8-3-9-21-44)50-23-16-22-49(40-50)53-29-17-31-57-59(53)54-28-14-15-30-56(54)61(57,51-24-10-4-11-25-51)52-26-12-5-13-27-52/h2-41H,1H3. The van der Waals surface area contributed by atoms with Crippen molar-refractivity contribution in [2.45, 2.75) is 12.3 Å². The number of aromatic nitrogens is 1. The maximum atomic E-state index is 5.51. The Labute approximate surface area is 364 Å². The molecule has 0 bridgehead atoms. The Kier molecular flexibility index (Phi) is 9.36. The van der Waals surface area contributed by atoms with E-state index in [1.54, 1.807) is 0 Å². The third-order valence-electron chi connectivity index (χ3n) is 12.8. The molecule has 0 fully saturated rings. The molecular formula is C61H43N. The second kappa shape index (κ2) is 15.6. The molecule has 0 unspecified atom stereocenters. The van der Waals surface area contributed by atoms with E-state index in [2.05, 4.69) is 250 Å². The van der Waals surface area contributed by atoms with Gasteiger partial charge < -0.3 is 0 Å². The van der Waals surface area contributed by atoms with Crippen molar-refractivity contribution >= 4 is 0 Å². The molecule has 10 aromatic rings. The molecule has 0 spiro atoms. The Balaban J connectivity index is 1.07. The molecule has 0 atom stereocenters. The lowest BCUT2D eigenvalue weighted by atomic mass is 9.67. The highest BCUT2D eigenvalue weighted by molar-refractivity contribution is 5.96. The van der Waals surface area contributed by atoms with Crippen LogP contribution in [0.3, 0.4) is 0 Å². The van der Waals surface area contributed by atoms with Gasteiger partial charge in [-0.1, -0.05) is 231 Å². The third-order valence-corrected chi connectivity index (χ3v) is 12.8. The van der Waals surface area contributed by atoms with Crippen LogP contribution in [0.4, 0.5) is 0 Å². The first-order chi connectivity index (χ1) is 30.7. The molecule has 292 valence electrons. The lowest BCUT2D eigenvalue weighted by Crippen LogP contribution is -2.28. The molecule has 11 rings (SSSR count). The topological polar surface area (TPSA) is 12.9 Å². The normalized spacial score (nSPS) is 12.4. The molecule has 1 heteroatoms. The highest BCUT2D eigenvalue weighted by Gasteiger charge is 2.46. The molecule has 1 nitrogen and oxygen atoms in total. The first kappa shape index (κ1) is 37.2. The van der Waals surface area contributed by atoms with Crippen LogP contribution in [-0.4, -0.2) is 4.98 Å². The minimum absolute atomic E-state index is 0.462. The van der Waals surface area contributed by atoms with Gasteiger partial charge in [0.2, 0.25) is 0 Å². The van der Waals surface area contributed by atoms with E-state index in [-0.39, 0.29) is 0 Å². The van der Waals surface area contributed by atoms with Gasteiger partial charge in [0, 0.05) is 11.1 Å². The minimum atomic E-state index is -0.462. The number of nitrogens with zero attached hydrogens (tertiary/aromatic N) is 1. The largest absolute Gasteiger partial charge is 0.247 e. The summed E-state index contributed by atoms with van der Waals surface area (Å²) in [5.41, 5.74) is 22.0. The summed E-state index contributed by atoms with van der Waals surface area (Å²) in [7, 11) is 0. The summed E-state index contributed by atoms with van der Waals surface area (Å²) in [4.78, 5) is 5.51. The van der Waals surface area contributed by atoms with Crippen molar-refractivity contribution in [1.29, 1.82) is 0 Å². The molecule has 0 radical (unpaired) electrons. The van der Waals surface area contributed by atoms with Crippen molar-refractivity contribution in [3.63, 3.8) is 0 Å². The average molecular weight is 790 g/mol. The second-order valence-electron chi connectivity index (χ2n) is 16.3. The fraction of sp³-hybridized carbons (Fsp3) is 0.0328. The first-order valence-electron chi connectivity index (χ1n) is 21.5. The quantitative estimate of drug-likeness (QED) is 0.149. The zero-order valence-corrected chi connectivity index (χ0v) is 34.5. The maximum absolute atomic E-state index is 5.51. The van der Waals surface area contributed by atoms with Gasteiger partial charge in [0.1, 0.15) is 0 Å². The van der Waals surface area contributed by atoms with Crippen molar-refractivity contribution in [1.82, 2.24) is 4.98 Å². The fourth-order valence-corrected chi connectivity index (χ4v) is 9.84. The monoisotopic (exact) mass is 789 g/mol. The summed E-state index contributed by atoms with van der Waals surface area (Å²) in [6.07, 6.45) is 0. The highest BCUT2D eigenvalue weighted by Crippen LogP contribution is 2.58. The Morgan fingerprint density at radius 3 is 1.35 bits per heavy atom. The number of hydrogen-bond acceptors (Lipinski definition) is 1. The van der Waals surface area contributed by atoms with E-state index in [1.165, 1.54) is 72.3 Å². The molecule has 0 saturated carbocycles. The third kappa shape index (κ3) is 6.30. The molecule has 9 aromatic carbocycles. The SMILES string of the molecule is Cc1c(-c2ccc(-c3ccccc3)cc2)cc(-c2cccc(-c3cccc4c3-c3ccccc3C4(c3ccccc3)c3ccccc3)c2)nc1-c1ccc(-c2ccccc2)cc1. The van der Waals surface area contributed by atoms with Crippen LogP contribution in [0.15, 0.2) is 243 Å². The maximum Gasteiger partial charge on any atom is 0.0744 e. The smallest absolute Gasteiger partial charge is 0.0744 e. The molecule has 1 aromatic heterocycles. The van der Waals surface area contributed by atoms with Gasteiger partial charge in [0.25, 0.3) is 0 Å². The number of benzene rings is 9. The molecule has 62 heavy (non-hydrogen) atoms. The summed E-state index contributed by atoms with van der Waals surface area (Å²) >= 11 is 0. The van der Waals surface area contributed by atoms with E-state index in [0.717, 1.165) is 33.6 Å². The van der Waals surface area contributed by atoms with Gasteiger partial charge in [0.15, 0.2) is 0 Å². The Morgan fingerprint density at radius 2 is 0.742 bits per heavy atom. The minimum Gasteiger partial charge on any atom is -0.247 e. The van der Waals surface area contributed by atoms with Crippen LogP contribution in [0, 0.1) is 6.92 Å². The van der Waals surface area contributed by atoms with Crippen molar-refractivity contribution < 1.29 is 0 Å². The van der Waals surface area contributed by atoms with E-state index < -0.39 is 5.41 Å². The van der Waals surface area contributed by atoms with E-state index in [0.29, 0.717) is 0 Å². The van der Waals surface area contributed by atoms with Crippen LogP contribution >= 0.6 is 0 Å². The summed E-state index contributed by atoms with van der Waals surface area (Å²) < 4.78 is 0. The molecule has 1 aliphatic rings. The summed E-state index contributed by atoms with van der Waals surface area (Å²) in [5, 5.41) is 0. The van der Waals surface area contributed by atoms with Crippen molar-refractivity contribution in [3.05, 3.63) is 270 Å². The van der Waals surface area contributed by atoms with Crippen LogP contribution in [0.2, 0.25) is 0 Å². The number of fused-ring (bicyclic) bond motifs is 3. The van der Waals surface area contributed by atoms with Crippen LogP contribution in [0.25, 0.3) is 78.1 Å². The lowest BCUT2D eigenvalue weighted by molar-refractivity contribution is 0.768. The molecule has 0 aliphatic heterocycles. The Morgan fingerprint density at radius 1 is 0.306 bits per heavy atom. The van der Waals surface area contributed by atoms with Gasteiger partial charge >= 0.3 is 0 Å². The van der Waals surface area contributed by atoms with Crippen LogP contribution < -0.4 is 0 Å². The predicted octanol–water partition coefficient (Wildman–Crippen LogP) is 15.8. The van der Waals surface area contributed by atoms with E-state index in [1.807, 2.05) is 0 Å². The van der Waals surface area contributed by atoms with E-state index in [9.17, 15) is 0 Å². The Hall–Kier alpha value is -7.87. The second-order valence-corrected chi connectivity index (χ2v) is 16.3. The van der Waals surface area contributed by atoms with Gasteiger partial charge in [-0.25, -0.2) is 4.98 Å². The summed E-state index contributed by atoms with van der Waals surface area (Å²) in [5.74, 6) is 0. The van der Waals surface area contributed by atoms with Crippen LogP contribution in [0.5, 0.6) is 0 Å². The zero-order chi connectivity index (χ0) is 41.5. The van der Waals surface area contributed by atoms with Crippen molar-refractivity contribution in [2.75, 3.05) is 0 Å². The van der Waals surface area contributed by atoms with Crippen molar-refractivity contribution in [3.8, 4) is 78.1 Å². The number of hydrogen-bond donors (Lipinski definition) is 0.